The second-order valence-electron chi connectivity index (χ2n) is 7.08. The van der Waals surface area contributed by atoms with Gasteiger partial charge in [-0.15, -0.1) is 0 Å². The SMILES string of the molecule is CC(C)[Si](OCOCCCc1ccccc1)(C(C)C)C(C)C. The quantitative estimate of drug-likeness (QED) is 0.308. The Balaban J connectivity index is 2.34. The molecular weight excluding hydrogens is 288 g/mol. The maximum Gasteiger partial charge on any atom is 0.203 e. The minimum atomic E-state index is -1.78. The molecule has 0 aliphatic rings. The molecule has 126 valence electrons. The van der Waals surface area contributed by atoms with E-state index in [9.17, 15) is 0 Å². The Bertz CT molecular complexity index is 379. The van der Waals surface area contributed by atoms with Crippen LogP contribution in [0.5, 0.6) is 0 Å². The lowest BCUT2D eigenvalue weighted by molar-refractivity contribution is 0.00350. The average Bonchev–Trinajstić information content (AvgIpc) is 2.46. The zero-order valence-electron chi connectivity index (χ0n) is 15.3. The first-order valence-corrected chi connectivity index (χ1v) is 10.8. The van der Waals surface area contributed by atoms with E-state index in [0.29, 0.717) is 23.4 Å². The number of rotatable bonds is 10. The standard InChI is InChI=1S/C19H34O2Si/c1-16(2)22(17(3)4,18(5)6)21-15-20-14-10-13-19-11-8-7-9-12-19/h7-9,11-12,16-18H,10,13-15H2,1-6H3. The number of hydrogen-bond donors (Lipinski definition) is 0. The smallest absolute Gasteiger partial charge is 0.203 e. The molecule has 0 aliphatic carbocycles. The van der Waals surface area contributed by atoms with Crippen molar-refractivity contribution >= 4 is 8.32 Å². The molecule has 0 fully saturated rings. The highest BCUT2D eigenvalue weighted by Crippen LogP contribution is 2.42. The molecule has 0 unspecified atom stereocenters. The van der Waals surface area contributed by atoms with Crippen molar-refractivity contribution in [2.75, 3.05) is 13.4 Å². The average molecular weight is 323 g/mol. The van der Waals surface area contributed by atoms with Crippen LogP contribution in [0, 0.1) is 0 Å². The van der Waals surface area contributed by atoms with Gasteiger partial charge in [-0.05, 0) is 35.0 Å². The van der Waals surface area contributed by atoms with Crippen molar-refractivity contribution < 1.29 is 9.16 Å². The Morgan fingerprint density at radius 1 is 0.864 bits per heavy atom. The summed E-state index contributed by atoms with van der Waals surface area (Å²) in [7, 11) is -1.78. The summed E-state index contributed by atoms with van der Waals surface area (Å²) in [5, 5.41) is 0. The van der Waals surface area contributed by atoms with E-state index in [-0.39, 0.29) is 0 Å². The Labute approximate surface area is 138 Å². The van der Waals surface area contributed by atoms with Gasteiger partial charge in [0.05, 0.1) is 0 Å². The fraction of sp³-hybridized carbons (Fsp3) is 0.684. The lowest BCUT2D eigenvalue weighted by Gasteiger charge is -2.41. The van der Waals surface area contributed by atoms with Gasteiger partial charge in [0.2, 0.25) is 8.32 Å². The summed E-state index contributed by atoms with van der Waals surface area (Å²) in [6.45, 7) is 15.1. The summed E-state index contributed by atoms with van der Waals surface area (Å²) >= 11 is 0. The lowest BCUT2D eigenvalue weighted by atomic mass is 10.1. The summed E-state index contributed by atoms with van der Waals surface area (Å²) in [6, 6.07) is 10.6. The van der Waals surface area contributed by atoms with Gasteiger partial charge >= 0.3 is 0 Å². The van der Waals surface area contributed by atoms with Crippen LogP contribution in [-0.2, 0) is 15.6 Å². The molecule has 22 heavy (non-hydrogen) atoms. The van der Waals surface area contributed by atoms with E-state index in [1.807, 2.05) is 0 Å². The second-order valence-corrected chi connectivity index (χ2v) is 12.5. The van der Waals surface area contributed by atoms with Gasteiger partial charge in [-0.25, -0.2) is 0 Å². The maximum absolute atomic E-state index is 6.38. The first-order valence-electron chi connectivity index (χ1n) is 8.66. The van der Waals surface area contributed by atoms with E-state index in [4.69, 9.17) is 9.16 Å². The normalized spacial score (nSPS) is 12.6. The molecule has 0 bridgehead atoms. The number of aryl methyl sites for hydroxylation is 1. The molecule has 3 heteroatoms. The number of hydrogen-bond acceptors (Lipinski definition) is 2. The fourth-order valence-corrected chi connectivity index (χ4v) is 9.01. The van der Waals surface area contributed by atoms with Crippen LogP contribution in [0.1, 0.15) is 53.5 Å². The molecule has 0 saturated heterocycles. The van der Waals surface area contributed by atoms with Gasteiger partial charge in [0, 0.05) is 6.61 Å². The van der Waals surface area contributed by atoms with Gasteiger partial charge in [-0.2, -0.15) is 0 Å². The summed E-state index contributed by atoms with van der Waals surface area (Å²) in [6.07, 6.45) is 2.12. The van der Waals surface area contributed by atoms with Gasteiger partial charge < -0.3 is 9.16 Å². The number of benzene rings is 1. The van der Waals surface area contributed by atoms with E-state index in [2.05, 4.69) is 71.9 Å². The van der Waals surface area contributed by atoms with E-state index >= 15 is 0 Å². The molecule has 1 aromatic carbocycles. The molecule has 0 heterocycles. The Morgan fingerprint density at radius 2 is 1.41 bits per heavy atom. The molecule has 0 amide bonds. The minimum Gasteiger partial charge on any atom is -0.394 e. The molecule has 0 N–H and O–H groups in total. The van der Waals surface area contributed by atoms with E-state index in [1.54, 1.807) is 0 Å². The van der Waals surface area contributed by atoms with Crippen molar-refractivity contribution in [1.29, 1.82) is 0 Å². The minimum absolute atomic E-state index is 0.454. The summed E-state index contributed by atoms with van der Waals surface area (Å²) < 4.78 is 12.2. The summed E-state index contributed by atoms with van der Waals surface area (Å²) in [4.78, 5) is 0. The zero-order valence-corrected chi connectivity index (χ0v) is 16.3. The van der Waals surface area contributed by atoms with Gasteiger partial charge in [0.25, 0.3) is 0 Å². The largest absolute Gasteiger partial charge is 0.394 e. The highest BCUT2D eigenvalue weighted by atomic mass is 28.4. The molecule has 1 aromatic rings. The van der Waals surface area contributed by atoms with E-state index < -0.39 is 8.32 Å². The fourth-order valence-electron chi connectivity index (χ4n) is 3.73. The monoisotopic (exact) mass is 322 g/mol. The van der Waals surface area contributed by atoms with Crippen molar-refractivity contribution in [2.24, 2.45) is 0 Å². The Kier molecular flexibility index (Phi) is 8.37. The van der Waals surface area contributed by atoms with Crippen LogP contribution in [0.3, 0.4) is 0 Å². The van der Waals surface area contributed by atoms with Crippen LogP contribution < -0.4 is 0 Å². The summed E-state index contributed by atoms with van der Waals surface area (Å²) in [5.41, 5.74) is 3.21. The molecule has 0 spiro atoms. The predicted molar refractivity (Wildman–Crippen MR) is 97.7 cm³/mol. The molecular formula is C19H34O2Si. The summed E-state index contributed by atoms with van der Waals surface area (Å²) in [5.74, 6) is 0. The van der Waals surface area contributed by atoms with Crippen molar-refractivity contribution in [3.63, 3.8) is 0 Å². The van der Waals surface area contributed by atoms with E-state index in [1.165, 1.54) is 5.56 Å². The number of ether oxygens (including phenoxy) is 1. The van der Waals surface area contributed by atoms with Crippen molar-refractivity contribution in [3.8, 4) is 0 Å². The van der Waals surface area contributed by atoms with Crippen LogP contribution in [0.2, 0.25) is 16.6 Å². The van der Waals surface area contributed by atoms with E-state index in [0.717, 1.165) is 19.4 Å². The third-order valence-corrected chi connectivity index (χ3v) is 10.7. The second kappa shape index (κ2) is 9.49. The third-order valence-electron chi connectivity index (χ3n) is 4.70. The Morgan fingerprint density at radius 3 is 1.91 bits per heavy atom. The zero-order chi connectivity index (χ0) is 16.6. The van der Waals surface area contributed by atoms with Crippen LogP contribution >= 0.6 is 0 Å². The van der Waals surface area contributed by atoms with Crippen LogP contribution in [0.25, 0.3) is 0 Å². The molecule has 2 nitrogen and oxygen atoms in total. The van der Waals surface area contributed by atoms with Gasteiger partial charge in [-0.1, -0.05) is 71.9 Å². The van der Waals surface area contributed by atoms with Crippen molar-refractivity contribution in [2.45, 2.75) is 71.0 Å². The maximum atomic E-state index is 6.38. The van der Waals surface area contributed by atoms with Crippen molar-refractivity contribution in [1.82, 2.24) is 0 Å². The van der Waals surface area contributed by atoms with Gasteiger partial charge in [0.1, 0.15) is 6.79 Å². The molecule has 1 rings (SSSR count). The molecule has 0 aliphatic heterocycles. The van der Waals surface area contributed by atoms with Crippen LogP contribution in [0.15, 0.2) is 30.3 Å². The van der Waals surface area contributed by atoms with Crippen LogP contribution in [-0.4, -0.2) is 21.7 Å². The first kappa shape index (κ1) is 19.4. The molecule has 0 saturated carbocycles. The van der Waals surface area contributed by atoms with Crippen LogP contribution in [0.4, 0.5) is 0 Å². The van der Waals surface area contributed by atoms with Gasteiger partial charge in [0.15, 0.2) is 0 Å². The lowest BCUT2D eigenvalue weighted by Crippen LogP contribution is -2.48. The predicted octanol–water partition coefficient (Wildman–Crippen LogP) is 5.79. The Hall–Kier alpha value is -0.643. The molecule has 0 atom stereocenters. The highest BCUT2D eigenvalue weighted by Gasteiger charge is 2.45. The molecule has 0 aromatic heterocycles. The first-order chi connectivity index (χ1) is 10.4. The molecule has 0 radical (unpaired) electrons. The topological polar surface area (TPSA) is 18.5 Å². The third kappa shape index (κ3) is 5.22. The van der Waals surface area contributed by atoms with Gasteiger partial charge in [-0.3, -0.25) is 0 Å². The van der Waals surface area contributed by atoms with Crippen molar-refractivity contribution in [3.05, 3.63) is 35.9 Å². The highest BCUT2D eigenvalue weighted by molar-refractivity contribution is 6.77.